The molecule has 1 spiro atoms. The van der Waals surface area contributed by atoms with Crippen molar-refractivity contribution in [2.75, 3.05) is 28.0 Å². The van der Waals surface area contributed by atoms with Gasteiger partial charge in [0, 0.05) is 23.5 Å². The van der Waals surface area contributed by atoms with E-state index < -0.39 is 5.95 Å². The number of amides is 1. The second-order valence-electron chi connectivity index (χ2n) is 9.17. The lowest BCUT2D eigenvalue weighted by molar-refractivity contribution is 0.102. The van der Waals surface area contributed by atoms with Gasteiger partial charge in [0.2, 0.25) is 5.95 Å². The van der Waals surface area contributed by atoms with Crippen LogP contribution in [0, 0.1) is 11.4 Å². The lowest BCUT2D eigenvalue weighted by atomic mass is 9.93. The maximum atomic E-state index is 13.4. The summed E-state index contributed by atoms with van der Waals surface area (Å²) in [5.74, 6) is -0.645. The topological polar surface area (TPSA) is 57.3 Å². The standard InChI is InChI=1S/C23H27FN4OS.C2H6/c1-22(7-8-22)30-27-16-5-6-17(21(29)26-20-4-2-3-19(24)25-20)18(15-16)28-13-11-23(9-10-23)12-14-28;1-2/h2-6,15,27H,7-14H2,1H3,(H,25,26,29);1-2H3. The molecular formula is C25H33FN4OS. The van der Waals surface area contributed by atoms with Gasteiger partial charge in [-0.05, 0) is 93.1 Å². The van der Waals surface area contributed by atoms with Crippen molar-refractivity contribution in [3.05, 3.63) is 47.9 Å². The molecular weight excluding hydrogens is 423 g/mol. The van der Waals surface area contributed by atoms with Gasteiger partial charge in [0.25, 0.3) is 5.91 Å². The lowest BCUT2D eigenvalue weighted by Gasteiger charge is -2.35. The Bertz CT molecular complexity index is 964. The average molecular weight is 457 g/mol. The second-order valence-corrected chi connectivity index (χ2v) is 10.6. The van der Waals surface area contributed by atoms with E-state index in [1.165, 1.54) is 44.6 Å². The molecule has 3 fully saturated rings. The van der Waals surface area contributed by atoms with Crippen molar-refractivity contribution in [2.45, 2.75) is 64.0 Å². The summed E-state index contributed by atoms with van der Waals surface area (Å²) in [5.41, 5.74) is 3.11. The first-order valence-corrected chi connectivity index (χ1v) is 12.5. The number of aromatic nitrogens is 1. The Morgan fingerprint density at radius 1 is 1.06 bits per heavy atom. The van der Waals surface area contributed by atoms with E-state index in [0.717, 1.165) is 24.5 Å². The third-order valence-electron chi connectivity index (χ3n) is 6.69. The van der Waals surface area contributed by atoms with Crippen molar-refractivity contribution < 1.29 is 9.18 Å². The number of rotatable bonds is 6. The molecule has 5 nitrogen and oxygen atoms in total. The Labute approximate surface area is 194 Å². The maximum Gasteiger partial charge on any atom is 0.258 e. The molecule has 1 saturated heterocycles. The monoisotopic (exact) mass is 456 g/mol. The smallest absolute Gasteiger partial charge is 0.258 e. The number of carbonyl (C=O) groups is 1. The Kier molecular flexibility index (Phi) is 6.65. The van der Waals surface area contributed by atoms with E-state index in [1.54, 1.807) is 24.1 Å². The van der Waals surface area contributed by atoms with E-state index >= 15 is 0 Å². The Morgan fingerprint density at radius 2 is 1.78 bits per heavy atom. The summed E-state index contributed by atoms with van der Waals surface area (Å²) in [4.78, 5) is 19.1. The Hall–Kier alpha value is -2.28. The molecule has 0 bridgehead atoms. The second kappa shape index (κ2) is 9.30. The zero-order valence-electron chi connectivity index (χ0n) is 19.2. The van der Waals surface area contributed by atoms with E-state index in [-0.39, 0.29) is 11.7 Å². The molecule has 2 aromatic rings. The zero-order chi connectivity index (χ0) is 22.8. The van der Waals surface area contributed by atoms with Gasteiger partial charge in [0.05, 0.1) is 11.3 Å². The molecule has 2 aliphatic carbocycles. The number of hydrogen-bond donors (Lipinski definition) is 2. The van der Waals surface area contributed by atoms with Gasteiger partial charge in [-0.15, -0.1) is 0 Å². The lowest BCUT2D eigenvalue weighted by Crippen LogP contribution is -2.35. The number of nitrogens with one attached hydrogen (secondary N) is 2. The molecule has 3 aliphatic rings. The van der Waals surface area contributed by atoms with Gasteiger partial charge in [-0.3, -0.25) is 4.79 Å². The van der Waals surface area contributed by atoms with Crippen LogP contribution >= 0.6 is 11.9 Å². The van der Waals surface area contributed by atoms with Crippen LogP contribution in [0.15, 0.2) is 36.4 Å². The van der Waals surface area contributed by atoms with Gasteiger partial charge in [0.1, 0.15) is 5.82 Å². The highest BCUT2D eigenvalue weighted by Crippen LogP contribution is 2.54. The fourth-order valence-corrected chi connectivity index (χ4v) is 4.87. The molecule has 1 aromatic heterocycles. The third-order valence-corrected chi connectivity index (χ3v) is 7.93. The summed E-state index contributed by atoms with van der Waals surface area (Å²) in [6.07, 6.45) is 7.51. The van der Waals surface area contributed by atoms with Crippen molar-refractivity contribution in [3.63, 3.8) is 0 Å². The Morgan fingerprint density at radius 3 is 2.41 bits per heavy atom. The summed E-state index contributed by atoms with van der Waals surface area (Å²) in [7, 11) is 0. The fraction of sp³-hybridized carbons (Fsp3) is 0.520. The molecule has 1 aromatic carbocycles. The molecule has 32 heavy (non-hydrogen) atoms. The first-order valence-electron chi connectivity index (χ1n) is 11.7. The van der Waals surface area contributed by atoms with E-state index in [1.807, 2.05) is 26.0 Å². The van der Waals surface area contributed by atoms with Crippen LogP contribution in [0.5, 0.6) is 0 Å². The molecule has 2 N–H and O–H groups in total. The first kappa shape index (κ1) is 22.9. The van der Waals surface area contributed by atoms with Gasteiger partial charge in [-0.1, -0.05) is 19.9 Å². The van der Waals surface area contributed by atoms with Crippen molar-refractivity contribution in [2.24, 2.45) is 5.41 Å². The highest BCUT2D eigenvalue weighted by atomic mass is 32.2. The summed E-state index contributed by atoms with van der Waals surface area (Å²) in [6.45, 7) is 8.19. The number of halogens is 1. The van der Waals surface area contributed by atoms with Crippen LogP contribution in [0.2, 0.25) is 0 Å². The molecule has 2 heterocycles. The fourth-order valence-electron chi connectivity index (χ4n) is 4.07. The number of piperidine rings is 1. The number of benzene rings is 1. The zero-order valence-corrected chi connectivity index (χ0v) is 20.0. The van der Waals surface area contributed by atoms with Crippen LogP contribution in [0.25, 0.3) is 0 Å². The maximum absolute atomic E-state index is 13.4. The largest absolute Gasteiger partial charge is 0.371 e. The van der Waals surface area contributed by atoms with Gasteiger partial charge in [0.15, 0.2) is 0 Å². The highest BCUT2D eigenvalue weighted by molar-refractivity contribution is 8.02. The number of anilines is 3. The number of pyridine rings is 1. The van der Waals surface area contributed by atoms with Crippen molar-refractivity contribution in [3.8, 4) is 0 Å². The molecule has 1 aliphatic heterocycles. The first-order chi connectivity index (χ1) is 15.4. The average Bonchev–Trinajstić information content (AvgIpc) is 3.73. The minimum atomic E-state index is -0.607. The summed E-state index contributed by atoms with van der Waals surface area (Å²) >= 11 is 1.76. The Balaban J connectivity index is 0.00000119. The van der Waals surface area contributed by atoms with Gasteiger partial charge in [-0.2, -0.15) is 4.39 Å². The summed E-state index contributed by atoms with van der Waals surface area (Å²) in [5, 5.41) is 2.75. The third kappa shape index (κ3) is 5.37. The van der Waals surface area contributed by atoms with E-state index in [9.17, 15) is 9.18 Å². The molecule has 0 radical (unpaired) electrons. The van der Waals surface area contributed by atoms with Crippen LogP contribution in [0.1, 0.15) is 69.7 Å². The molecule has 2 saturated carbocycles. The predicted molar refractivity (Wildman–Crippen MR) is 132 cm³/mol. The van der Waals surface area contributed by atoms with Crippen molar-refractivity contribution >= 4 is 35.0 Å². The van der Waals surface area contributed by atoms with Crippen LogP contribution in [0.4, 0.5) is 21.6 Å². The number of carbonyl (C=O) groups excluding carboxylic acids is 1. The number of nitrogens with zero attached hydrogens (tertiary/aromatic N) is 2. The van der Waals surface area contributed by atoms with Crippen LogP contribution in [-0.4, -0.2) is 28.7 Å². The molecule has 0 atom stereocenters. The minimum absolute atomic E-state index is 0.223. The van der Waals surface area contributed by atoms with E-state index in [2.05, 4.69) is 32.9 Å². The highest BCUT2D eigenvalue weighted by Gasteiger charge is 2.44. The van der Waals surface area contributed by atoms with Crippen molar-refractivity contribution in [1.82, 2.24) is 4.98 Å². The van der Waals surface area contributed by atoms with Crippen molar-refractivity contribution in [1.29, 1.82) is 0 Å². The molecule has 1 amide bonds. The number of hydrogen-bond acceptors (Lipinski definition) is 5. The molecule has 7 heteroatoms. The van der Waals surface area contributed by atoms with Crippen LogP contribution in [-0.2, 0) is 0 Å². The van der Waals surface area contributed by atoms with Crippen LogP contribution < -0.4 is 14.9 Å². The SMILES string of the molecule is CC.CC1(SNc2ccc(C(=O)Nc3cccc(F)n3)c(N3CCC4(CC3)CC4)c2)CC1. The van der Waals surface area contributed by atoms with E-state index in [0.29, 0.717) is 15.7 Å². The van der Waals surface area contributed by atoms with Crippen LogP contribution in [0.3, 0.4) is 0 Å². The minimum Gasteiger partial charge on any atom is -0.371 e. The van der Waals surface area contributed by atoms with Gasteiger partial charge in [-0.25, -0.2) is 4.98 Å². The molecule has 0 unspecified atom stereocenters. The van der Waals surface area contributed by atoms with Gasteiger partial charge < -0.3 is 14.9 Å². The van der Waals surface area contributed by atoms with Gasteiger partial charge >= 0.3 is 0 Å². The summed E-state index contributed by atoms with van der Waals surface area (Å²) in [6, 6.07) is 10.3. The molecule has 5 rings (SSSR count). The molecule has 172 valence electrons. The quantitative estimate of drug-likeness (QED) is 0.384. The summed E-state index contributed by atoms with van der Waals surface area (Å²) < 4.78 is 17.2. The normalized spacial score (nSPS) is 19.6. The van der Waals surface area contributed by atoms with E-state index in [4.69, 9.17) is 0 Å². The predicted octanol–water partition coefficient (Wildman–Crippen LogP) is 6.49.